The standard InChI is InChI=1S/C14H19N3O2S2/c1-2-15-7-12-3-5-13(6-4-12)10-21(18,19)17-8-14-9-20-11-16-14/h3-6,9,11,15,17H,2,7-8,10H2,1H3. The van der Waals surface area contributed by atoms with E-state index in [0.29, 0.717) is 0 Å². The van der Waals surface area contributed by atoms with Gasteiger partial charge in [-0.1, -0.05) is 31.2 Å². The van der Waals surface area contributed by atoms with Crippen molar-refractivity contribution in [3.8, 4) is 0 Å². The van der Waals surface area contributed by atoms with Crippen LogP contribution < -0.4 is 10.0 Å². The van der Waals surface area contributed by atoms with Crippen molar-refractivity contribution in [2.24, 2.45) is 0 Å². The number of rotatable bonds is 8. The molecule has 0 saturated heterocycles. The van der Waals surface area contributed by atoms with Crippen molar-refractivity contribution in [2.75, 3.05) is 6.54 Å². The van der Waals surface area contributed by atoms with Crippen LogP contribution in [0.15, 0.2) is 35.2 Å². The Bertz CT molecular complexity index is 637. The highest BCUT2D eigenvalue weighted by Gasteiger charge is 2.11. The minimum atomic E-state index is -3.34. The number of nitrogens with one attached hydrogen (secondary N) is 2. The minimum Gasteiger partial charge on any atom is -0.313 e. The van der Waals surface area contributed by atoms with Crippen LogP contribution in [0.2, 0.25) is 0 Å². The van der Waals surface area contributed by atoms with Crippen LogP contribution in [0.4, 0.5) is 0 Å². The van der Waals surface area contributed by atoms with Gasteiger partial charge < -0.3 is 5.32 Å². The molecule has 0 aliphatic rings. The average molecular weight is 325 g/mol. The Hall–Kier alpha value is -1.28. The first-order chi connectivity index (χ1) is 10.1. The van der Waals surface area contributed by atoms with Gasteiger partial charge in [-0.25, -0.2) is 18.1 Å². The summed E-state index contributed by atoms with van der Waals surface area (Å²) in [4.78, 5) is 4.05. The Morgan fingerprint density at radius 1 is 1.14 bits per heavy atom. The molecule has 0 atom stereocenters. The lowest BCUT2D eigenvalue weighted by Crippen LogP contribution is -2.24. The largest absolute Gasteiger partial charge is 0.313 e. The average Bonchev–Trinajstić information content (AvgIpc) is 2.98. The Kier molecular flexibility index (Phi) is 5.86. The second kappa shape index (κ2) is 7.65. The van der Waals surface area contributed by atoms with Gasteiger partial charge in [0.05, 0.1) is 23.5 Å². The second-order valence-corrected chi connectivity index (χ2v) is 7.18. The van der Waals surface area contributed by atoms with Crippen LogP contribution in [0, 0.1) is 0 Å². The van der Waals surface area contributed by atoms with Crippen molar-refractivity contribution in [3.63, 3.8) is 0 Å². The van der Waals surface area contributed by atoms with Gasteiger partial charge >= 0.3 is 0 Å². The Labute approximate surface area is 129 Å². The Morgan fingerprint density at radius 2 is 1.86 bits per heavy atom. The maximum atomic E-state index is 12.0. The van der Waals surface area contributed by atoms with E-state index in [-0.39, 0.29) is 12.3 Å². The molecule has 114 valence electrons. The van der Waals surface area contributed by atoms with Crippen LogP contribution in [-0.4, -0.2) is 19.9 Å². The second-order valence-electron chi connectivity index (χ2n) is 4.66. The number of hydrogen-bond acceptors (Lipinski definition) is 5. The fourth-order valence-corrected chi connectivity index (χ4v) is 3.46. The van der Waals surface area contributed by atoms with Crippen LogP contribution in [0.1, 0.15) is 23.7 Å². The summed E-state index contributed by atoms with van der Waals surface area (Å²) in [7, 11) is -3.34. The zero-order valence-electron chi connectivity index (χ0n) is 11.9. The maximum Gasteiger partial charge on any atom is 0.216 e. The third-order valence-electron chi connectivity index (χ3n) is 2.92. The molecule has 0 bridgehead atoms. The van der Waals surface area contributed by atoms with Crippen molar-refractivity contribution in [3.05, 3.63) is 52.0 Å². The molecule has 7 heteroatoms. The highest BCUT2D eigenvalue weighted by molar-refractivity contribution is 7.88. The molecule has 0 aliphatic carbocycles. The van der Waals surface area contributed by atoms with Gasteiger partial charge in [-0.2, -0.15) is 0 Å². The van der Waals surface area contributed by atoms with E-state index in [1.807, 2.05) is 29.6 Å². The van der Waals surface area contributed by atoms with Gasteiger partial charge in [-0.3, -0.25) is 0 Å². The van der Waals surface area contributed by atoms with Gasteiger partial charge in [0.25, 0.3) is 0 Å². The zero-order valence-corrected chi connectivity index (χ0v) is 13.5. The molecule has 21 heavy (non-hydrogen) atoms. The third kappa shape index (κ3) is 5.55. The number of nitrogens with zero attached hydrogens (tertiary/aromatic N) is 1. The number of thiazole rings is 1. The summed E-state index contributed by atoms with van der Waals surface area (Å²) in [5.41, 5.74) is 4.35. The molecule has 1 aromatic carbocycles. The van der Waals surface area contributed by atoms with Gasteiger partial charge in [0.1, 0.15) is 0 Å². The lowest BCUT2D eigenvalue weighted by atomic mass is 10.1. The van der Waals surface area contributed by atoms with Gasteiger partial charge in [-0.05, 0) is 17.7 Å². The number of hydrogen-bond donors (Lipinski definition) is 2. The summed E-state index contributed by atoms with van der Waals surface area (Å²) >= 11 is 1.45. The maximum absolute atomic E-state index is 12.0. The van der Waals surface area contributed by atoms with E-state index in [4.69, 9.17) is 0 Å². The van der Waals surface area contributed by atoms with E-state index in [1.54, 1.807) is 5.51 Å². The topological polar surface area (TPSA) is 71.1 Å². The normalized spacial score (nSPS) is 11.7. The molecule has 2 rings (SSSR count). The molecule has 0 radical (unpaired) electrons. The fraction of sp³-hybridized carbons (Fsp3) is 0.357. The predicted octanol–water partition coefficient (Wildman–Crippen LogP) is 1.87. The van der Waals surface area contributed by atoms with Crippen LogP contribution in [0.25, 0.3) is 0 Å². The van der Waals surface area contributed by atoms with Crippen molar-refractivity contribution in [1.82, 2.24) is 15.0 Å². The van der Waals surface area contributed by atoms with E-state index in [9.17, 15) is 8.42 Å². The lowest BCUT2D eigenvalue weighted by molar-refractivity contribution is 0.579. The van der Waals surface area contributed by atoms with Crippen LogP contribution in [0.3, 0.4) is 0 Å². The first-order valence-corrected chi connectivity index (χ1v) is 9.31. The van der Waals surface area contributed by atoms with Crippen molar-refractivity contribution < 1.29 is 8.42 Å². The quantitative estimate of drug-likeness (QED) is 0.777. The lowest BCUT2D eigenvalue weighted by Gasteiger charge is -2.07. The van der Waals surface area contributed by atoms with Crippen molar-refractivity contribution >= 4 is 21.4 Å². The van der Waals surface area contributed by atoms with Crippen molar-refractivity contribution in [1.29, 1.82) is 0 Å². The van der Waals surface area contributed by atoms with Gasteiger partial charge in [0.15, 0.2) is 0 Å². The number of sulfonamides is 1. The molecule has 0 saturated carbocycles. The first kappa shape index (κ1) is 16.1. The van der Waals surface area contributed by atoms with Crippen LogP contribution in [0.5, 0.6) is 0 Å². The Balaban J connectivity index is 1.90. The number of benzene rings is 1. The van der Waals surface area contributed by atoms with E-state index >= 15 is 0 Å². The van der Waals surface area contributed by atoms with Crippen molar-refractivity contribution in [2.45, 2.75) is 25.8 Å². The molecule has 0 spiro atoms. The van der Waals surface area contributed by atoms with E-state index < -0.39 is 10.0 Å². The molecule has 0 aliphatic heterocycles. The van der Waals surface area contributed by atoms with Gasteiger partial charge in [0.2, 0.25) is 10.0 Å². The van der Waals surface area contributed by atoms with Crippen LogP contribution in [-0.2, 0) is 28.9 Å². The molecule has 0 unspecified atom stereocenters. The molecule has 1 aromatic heterocycles. The highest BCUT2D eigenvalue weighted by atomic mass is 32.2. The monoisotopic (exact) mass is 325 g/mol. The summed E-state index contributed by atoms with van der Waals surface area (Å²) in [5.74, 6) is -0.0153. The minimum absolute atomic E-state index is 0.0153. The first-order valence-electron chi connectivity index (χ1n) is 6.72. The SMILES string of the molecule is CCNCc1ccc(CS(=O)(=O)NCc2cscn2)cc1. The summed E-state index contributed by atoms with van der Waals surface area (Å²) in [6.07, 6.45) is 0. The van der Waals surface area contributed by atoms with Gasteiger partial charge in [0, 0.05) is 11.9 Å². The molecule has 1 heterocycles. The van der Waals surface area contributed by atoms with E-state index in [2.05, 4.69) is 21.9 Å². The van der Waals surface area contributed by atoms with Gasteiger partial charge in [-0.15, -0.1) is 11.3 Å². The predicted molar refractivity (Wildman–Crippen MR) is 85.4 cm³/mol. The summed E-state index contributed by atoms with van der Waals surface area (Å²) in [6.45, 7) is 4.00. The highest BCUT2D eigenvalue weighted by Crippen LogP contribution is 2.09. The third-order valence-corrected chi connectivity index (χ3v) is 4.85. The molecule has 0 amide bonds. The molecule has 2 aromatic rings. The molecular weight excluding hydrogens is 306 g/mol. The molecule has 0 fully saturated rings. The zero-order chi connectivity index (χ0) is 15.1. The summed E-state index contributed by atoms with van der Waals surface area (Å²) in [5, 5.41) is 5.06. The smallest absolute Gasteiger partial charge is 0.216 e. The Morgan fingerprint density at radius 3 is 2.48 bits per heavy atom. The summed E-state index contributed by atoms with van der Waals surface area (Å²) < 4.78 is 26.6. The van der Waals surface area contributed by atoms with Crippen LogP contribution >= 0.6 is 11.3 Å². The molecule has 5 nitrogen and oxygen atoms in total. The number of aromatic nitrogens is 1. The molecule has 2 N–H and O–H groups in total. The van der Waals surface area contributed by atoms with E-state index in [0.717, 1.165) is 29.9 Å². The molecular formula is C14H19N3O2S2. The fourth-order valence-electron chi connectivity index (χ4n) is 1.80. The van der Waals surface area contributed by atoms with E-state index in [1.165, 1.54) is 11.3 Å². The summed E-state index contributed by atoms with van der Waals surface area (Å²) in [6, 6.07) is 7.62.